The van der Waals surface area contributed by atoms with E-state index in [2.05, 4.69) is 38.5 Å². The molecule has 0 aromatic carbocycles. The molecular formula is C11H19BrN4O. The van der Waals surface area contributed by atoms with Gasteiger partial charge in [0.25, 0.3) is 0 Å². The maximum atomic E-state index is 5.49. The third-order valence-corrected chi connectivity index (χ3v) is 3.74. The lowest BCUT2D eigenvalue weighted by atomic mass is 9.96. The number of hydrogen-bond donors (Lipinski definition) is 1. The minimum atomic E-state index is 0.270. The van der Waals surface area contributed by atoms with Crippen molar-refractivity contribution in [3.8, 4) is 0 Å². The Kier molecular flexibility index (Phi) is 4.53. The highest BCUT2D eigenvalue weighted by Crippen LogP contribution is 2.31. The van der Waals surface area contributed by atoms with Crippen molar-refractivity contribution in [2.75, 3.05) is 19.8 Å². The van der Waals surface area contributed by atoms with Gasteiger partial charge < -0.3 is 10.1 Å². The van der Waals surface area contributed by atoms with Gasteiger partial charge in [-0.2, -0.15) is 0 Å². The van der Waals surface area contributed by atoms with Gasteiger partial charge in [0, 0.05) is 19.6 Å². The van der Waals surface area contributed by atoms with Gasteiger partial charge >= 0.3 is 0 Å². The standard InChI is InChI=1S/C11H19BrN4O/c1-3-5-13-9(8-4-6-17-7-8)10-11(12)14-15-16(10)2/h8-9,13H,3-7H2,1-2H3. The van der Waals surface area contributed by atoms with E-state index in [4.69, 9.17) is 4.74 Å². The van der Waals surface area contributed by atoms with Crippen LogP contribution in [0.4, 0.5) is 0 Å². The highest BCUT2D eigenvalue weighted by Gasteiger charge is 2.30. The van der Waals surface area contributed by atoms with Crippen LogP contribution in [0.1, 0.15) is 31.5 Å². The summed E-state index contributed by atoms with van der Waals surface area (Å²) in [5, 5.41) is 11.7. The van der Waals surface area contributed by atoms with Gasteiger partial charge in [-0.3, -0.25) is 0 Å². The maximum absolute atomic E-state index is 5.49. The fourth-order valence-electron chi connectivity index (χ4n) is 2.27. The number of nitrogens with zero attached hydrogens (tertiary/aromatic N) is 3. The van der Waals surface area contributed by atoms with Crippen molar-refractivity contribution in [3.63, 3.8) is 0 Å². The largest absolute Gasteiger partial charge is 0.381 e. The van der Waals surface area contributed by atoms with Crippen molar-refractivity contribution in [2.24, 2.45) is 13.0 Å². The SMILES string of the molecule is CCCNC(c1c(Br)nnn1C)C1CCOC1. The molecule has 2 heterocycles. The molecule has 0 saturated carbocycles. The predicted octanol–water partition coefficient (Wildman–Crippen LogP) is 1.65. The summed E-state index contributed by atoms with van der Waals surface area (Å²) in [6.45, 7) is 4.85. The number of nitrogens with one attached hydrogen (secondary N) is 1. The van der Waals surface area contributed by atoms with Crippen LogP contribution in [0.5, 0.6) is 0 Å². The van der Waals surface area contributed by atoms with E-state index in [9.17, 15) is 0 Å². The molecule has 1 N–H and O–H groups in total. The van der Waals surface area contributed by atoms with Gasteiger partial charge in [-0.25, -0.2) is 4.68 Å². The summed E-state index contributed by atoms with van der Waals surface area (Å²) >= 11 is 3.48. The summed E-state index contributed by atoms with van der Waals surface area (Å²) in [7, 11) is 1.93. The van der Waals surface area contributed by atoms with Crippen LogP contribution in [-0.2, 0) is 11.8 Å². The monoisotopic (exact) mass is 302 g/mol. The molecule has 2 atom stereocenters. The molecule has 1 saturated heterocycles. The normalized spacial score (nSPS) is 21.9. The van der Waals surface area contributed by atoms with Crippen LogP contribution in [-0.4, -0.2) is 34.8 Å². The van der Waals surface area contributed by atoms with Crippen molar-refractivity contribution < 1.29 is 4.74 Å². The lowest BCUT2D eigenvalue weighted by molar-refractivity contribution is 0.175. The molecule has 0 bridgehead atoms. The first-order valence-electron chi connectivity index (χ1n) is 6.10. The molecule has 1 aromatic heterocycles. The molecule has 0 radical (unpaired) electrons. The van der Waals surface area contributed by atoms with E-state index < -0.39 is 0 Å². The Bertz CT molecular complexity index is 343. The molecule has 1 aliphatic rings. The zero-order valence-electron chi connectivity index (χ0n) is 10.3. The minimum Gasteiger partial charge on any atom is -0.381 e. The van der Waals surface area contributed by atoms with E-state index in [-0.39, 0.29) is 6.04 Å². The van der Waals surface area contributed by atoms with Crippen LogP contribution in [0, 0.1) is 5.92 Å². The second kappa shape index (κ2) is 5.93. The van der Waals surface area contributed by atoms with Gasteiger partial charge in [-0.05, 0) is 35.3 Å². The van der Waals surface area contributed by atoms with E-state index in [1.807, 2.05) is 11.7 Å². The average Bonchev–Trinajstić information content (AvgIpc) is 2.93. The topological polar surface area (TPSA) is 52.0 Å². The zero-order chi connectivity index (χ0) is 12.3. The van der Waals surface area contributed by atoms with Crippen molar-refractivity contribution in [3.05, 3.63) is 10.3 Å². The third kappa shape index (κ3) is 2.86. The summed E-state index contributed by atoms with van der Waals surface area (Å²) in [5.41, 5.74) is 1.12. The number of aryl methyl sites for hydroxylation is 1. The molecule has 1 aliphatic heterocycles. The lowest BCUT2D eigenvalue weighted by Gasteiger charge is -2.23. The van der Waals surface area contributed by atoms with E-state index in [0.29, 0.717) is 5.92 Å². The Morgan fingerprint density at radius 2 is 2.47 bits per heavy atom. The number of hydrogen-bond acceptors (Lipinski definition) is 4. The molecule has 0 amide bonds. The molecule has 96 valence electrons. The minimum absolute atomic E-state index is 0.270. The quantitative estimate of drug-likeness (QED) is 0.899. The van der Waals surface area contributed by atoms with Gasteiger partial charge in [0.05, 0.1) is 18.3 Å². The molecule has 1 aromatic rings. The molecule has 5 nitrogen and oxygen atoms in total. The summed E-state index contributed by atoms with van der Waals surface area (Å²) in [5.74, 6) is 0.509. The van der Waals surface area contributed by atoms with Gasteiger partial charge in [0.15, 0.2) is 4.60 Å². The summed E-state index contributed by atoms with van der Waals surface area (Å²) in [6.07, 6.45) is 2.21. The van der Waals surface area contributed by atoms with Crippen molar-refractivity contribution in [1.29, 1.82) is 0 Å². The van der Waals surface area contributed by atoms with Gasteiger partial charge in [0.2, 0.25) is 0 Å². The highest BCUT2D eigenvalue weighted by molar-refractivity contribution is 9.10. The smallest absolute Gasteiger partial charge is 0.153 e. The summed E-state index contributed by atoms with van der Waals surface area (Å²) < 4.78 is 8.17. The second-order valence-corrected chi connectivity index (χ2v) is 5.20. The Labute approximate surface area is 110 Å². The Hall–Kier alpha value is -0.460. The van der Waals surface area contributed by atoms with Gasteiger partial charge in [-0.1, -0.05) is 12.1 Å². The number of halogens is 1. The summed E-state index contributed by atoms with van der Waals surface area (Å²) in [4.78, 5) is 0. The van der Waals surface area contributed by atoms with Gasteiger partial charge in [0.1, 0.15) is 0 Å². The summed E-state index contributed by atoms with van der Waals surface area (Å²) in [6, 6.07) is 0.270. The van der Waals surface area contributed by atoms with Crippen LogP contribution in [0.3, 0.4) is 0 Å². The van der Waals surface area contributed by atoms with Crippen LogP contribution >= 0.6 is 15.9 Å². The molecular weight excluding hydrogens is 284 g/mol. The molecule has 17 heavy (non-hydrogen) atoms. The van der Waals surface area contributed by atoms with Crippen molar-refractivity contribution in [2.45, 2.75) is 25.8 Å². The molecule has 6 heteroatoms. The Balaban J connectivity index is 2.19. The second-order valence-electron chi connectivity index (χ2n) is 4.44. The first kappa shape index (κ1) is 13.0. The van der Waals surface area contributed by atoms with E-state index in [1.54, 1.807) is 0 Å². The average molecular weight is 303 g/mol. The molecule has 0 aliphatic carbocycles. The maximum Gasteiger partial charge on any atom is 0.153 e. The zero-order valence-corrected chi connectivity index (χ0v) is 11.9. The van der Waals surface area contributed by atoms with Crippen LogP contribution < -0.4 is 5.32 Å². The molecule has 2 unspecified atom stereocenters. The molecule has 0 spiro atoms. The Morgan fingerprint density at radius 1 is 1.65 bits per heavy atom. The first-order chi connectivity index (χ1) is 8.24. The van der Waals surface area contributed by atoms with Crippen LogP contribution in [0.15, 0.2) is 4.60 Å². The number of rotatable bonds is 5. The fraction of sp³-hybridized carbons (Fsp3) is 0.818. The van der Waals surface area contributed by atoms with Crippen molar-refractivity contribution in [1.82, 2.24) is 20.3 Å². The predicted molar refractivity (Wildman–Crippen MR) is 68.7 cm³/mol. The van der Waals surface area contributed by atoms with Crippen molar-refractivity contribution >= 4 is 15.9 Å². The van der Waals surface area contributed by atoms with Crippen LogP contribution in [0.25, 0.3) is 0 Å². The fourth-order valence-corrected chi connectivity index (χ4v) is 2.85. The van der Waals surface area contributed by atoms with E-state index in [1.165, 1.54) is 0 Å². The van der Waals surface area contributed by atoms with E-state index in [0.717, 1.165) is 42.9 Å². The first-order valence-corrected chi connectivity index (χ1v) is 6.89. The third-order valence-electron chi connectivity index (χ3n) is 3.17. The molecule has 1 fully saturated rings. The number of ether oxygens (including phenoxy) is 1. The molecule has 2 rings (SSSR count). The van der Waals surface area contributed by atoms with Crippen LogP contribution in [0.2, 0.25) is 0 Å². The highest BCUT2D eigenvalue weighted by atomic mass is 79.9. The van der Waals surface area contributed by atoms with E-state index >= 15 is 0 Å². The lowest BCUT2D eigenvalue weighted by Crippen LogP contribution is -2.31. The number of aromatic nitrogens is 3. The van der Waals surface area contributed by atoms with Gasteiger partial charge in [-0.15, -0.1) is 5.10 Å². The Morgan fingerprint density at radius 3 is 3.00 bits per heavy atom.